The van der Waals surface area contributed by atoms with Crippen LogP contribution in [0.4, 0.5) is 0 Å². The number of unbranched alkanes of at least 4 members (excludes halogenated alkanes) is 9. The summed E-state index contributed by atoms with van der Waals surface area (Å²) in [6.45, 7) is 3.94. The fourth-order valence-electron chi connectivity index (χ4n) is 2.86. The number of benzene rings is 1. The number of hydrogen-bond acceptors (Lipinski definition) is 3. The molecule has 0 radical (unpaired) electrons. The Morgan fingerprint density at radius 1 is 0.960 bits per heavy atom. The summed E-state index contributed by atoms with van der Waals surface area (Å²) in [7, 11) is 2.10. The second-order valence-corrected chi connectivity index (χ2v) is 7.01. The van der Waals surface area contributed by atoms with Gasteiger partial charge in [0.2, 0.25) is 0 Å². The molecule has 142 valence electrons. The predicted molar refractivity (Wildman–Crippen MR) is 108 cm³/mol. The van der Waals surface area contributed by atoms with E-state index >= 15 is 0 Å². The third kappa shape index (κ3) is 9.97. The van der Waals surface area contributed by atoms with Crippen molar-refractivity contribution in [1.29, 1.82) is 0 Å². The molecule has 0 saturated heterocycles. The fraction of sp³-hybridized carbons (Fsp3) is 0.667. The van der Waals surface area contributed by atoms with Crippen LogP contribution in [0.3, 0.4) is 0 Å². The highest BCUT2D eigenvalue weighted by molar-refractivity contribution is 7.09. The van der Waals surface area contributed by atoms with Crippen molar-refractivity contribution in [2.45, 2.75) is 90.6 Å². The van der Waals surface area contributed by atoms with Gasteiger partial charge in [0, 0.05) is 9.47 Å². The summed E-state index contributed by atoms with van der Waals surface area (Å²) >= 11 is 0. The van der Waals surface area contributed by atoms with Gasteiger partial charge in [-0.2, -0.15) is 0 Å². The van der Waals surface area contributed by atoms with Gasteiger partial charge < -0.3 is 9.26 Å². The molecule has 0 aromatic heterocycles. The second kappa shape index (κ2) is 14.3. The highest BCUT2D eigenvalue weighted by atomic mass is 31.0. The Balaban J connectivity index is 2.21. The molecular weight excluding hydrogens is 331 g/mol. The van der Waals surface area contributed by atoms with Crippen LogP contribution in [0.15, 0.2) is 24.3 Å². The molecule has 1 aromatic rings. The van der Waals surface area contributed by atoms with Crippen molar-refractivity contribution in [2.24, 2.45) is 0 Å². The zero-order valence-corrected chi connectivity index (χ0v) is 17.1. The minimum absolute atomic E-state index is 0.356. The molecule has 2 atom stereocenters. The van der Waals surface area contributed by atoms with Gasteiger partial charge in [-0.1, -0.05) is 82.9 Å². The third-order valence-electron chi connectivity index (χ3n) is 4.52. The molecule has 0 aliphatic carbocycles. The number of carbonyl (C=O) groups is 1. The van der Waals surface area contributed by atoms with Gasteiger partial charge in [0.25, 0.3) is 0 Å². The van der Waals surface area contributed by atoms with Crippen molar-refractivity contribution in [2.75, 3.05) is 0 Å². The second-order valence-electron chi connectivity index (χ2n) is 6.74. The molecule has 0 aliphatic heterocycles. The number of ether oxygens (including phenoxy) is 1. The van der Waals surface area contributed by atoms with Gasteiger partial charge >= 0.3 is 5.97 Å². The number of carbonyl (C=O) groups excluding carboxylic acids is 1. The summed E-state index contributed by atoms with van der Waals surface area (Å²) < 4.78 is 10.4. The average molecular weight is 366 g/mol. The van der Waals surface area contributed by atoms with Gasteiger partial charge in [0.15, 0.2) is 6.10 Å². The molecule has 0 heterocycles. The van der Waals surface area contributed by atoms with E-state index < -0.39 is 6.10 Å². The number of para-hydroxylation sites is 1. The molecule has 3 nitrogen and oxygen atoms in total. The van der Waals surface area contributed by atoms with Crippen LogP contribution in [0.1, 0.15) is 83.6 Å². The van der Waals surface area contributed by atoms with E-state index in [1.54, 1.807) is 6.92 Å². The van der Waals surface area contributed by atoms with Crippen molar-refractivity contribution in [3.05, 3.63) is 29.8 Å². The van der Waals surface area contributed by atoms with Crippen LogP contribution in [-0.2, 0) is 15.7 Å². The topological polar surface area (TPSA) is 35.5 Å². The molecule has 0 spiro atoms. The highest BCUT2D eigenvalue weighted by Crippen LogP contribution is 2.22. The van der Waals surface area contributed by atoms with E-state index in [1.165, 1.54) is 57.8 Å². The van der Waals surface area contributed by atoms with E-state index in [9.17, 15) is 4.79 Å². The van der Waals surface area contributed by atoms with Crippen molar-refractivity contribution in [3.8, 4) is 5.75 Å². The van der Waals surface area contributed by atoms with Gasteiger partial charge in [-0.15, -0.1) is 0 Å². The van der Waals surface area contributed by atoms with Gasteiger partial charge in [0.05, 0.1) is 0 Å². The quantitative estimate of drug-likeness (QED) is 0.169. The Bertz CT molecular complexity index is 476. The lowest BCUT2D eigenvalue weighted by Crippen LogP contribution is -2.23. The molecule has 0 fully saturated rings. The smallest absolute Gasteiger partial charge is 0.340 e. The Kier molecular flexibility index (Phi) is 12.6. The standard InChI is InChI=1S/C21H35O3P/c1-3-4-5-6-7-8-9-10-11-12-15-19-16-13-14-17-20(19)23-21(22)18(2)24-25/h13-14,16-18H,3-12,15,25H2,1-2H3. The molecule has 1 rings (SSSR count). The summed E-state index contributed by atoms with van der Waals surface area (Å²) in [5.41, 5.74) is 1.10. The lowest BCUT2D eigenvalue weighted by Gasteiger charge is -2.12. The van der Waals surface area contributed by atoms with Gasteiger partial charge in [0.1, 0.15) is 5.75 Å². The average Bonchev–Trinajstić information content (AvgIpc) is 2.63. The van der Waals surface area contributed by atoms with Crippen molar-refractivity contribution >= 4 is 15.4 Å². The summed E-state index contributed by atoms with van der Waals surface area (Å²) in [5, 5.41) is 0. The SMILES string of the molecule is CCCCCCCCCCCCc1ccccc1OC(=O)C(C)OP. The largest absolute Gasteiger partial charge is 0.424 e. The first-order valence-corrected chi connectivity index (χ1v) is 10.3. The van der Waals surface area contributed by atoms with Gasteiger partial charge in [-0.25, -0.2) is 4.79 Å². The van der Waals surface area contributed by atoms with Crippen molar-refractivity contribution < 1.29 is 14.1 Å². The summed E-state index contributed by atoms with van der Waals surface area (Å²) in [6, 6.07) is 7.80. The van der Waals surface area contributed by atoms with Gasteiger partial charge in [-0.05, 0) is 31.4 Å². The molecule has 4 heteroatoms. The first-order chi connectivity index (χ1) is 12.2. The molecule has 0 N–H and O–H groups in total. The number of aryl methyl sites for hydroxylation is 1. The molecular formula is C21H35O3P. The van der Waals surface area contributed by atoms with E-state index in [0.717, 1.165) is 18.4 Å². The van der Waals surface area contributed by atoms with Crippen LogP contribution in [0.2, 0.25) is 0 Å². The first-order valence-electron chi connectivity index (χ1n) is 9.84. The Morgan fingerprint density at radius 3 is 2.12 bits per heavy atom. The molecule has 0 bridgehead atoms. The van der Waals surface area contributed by atoms with E-state index in [1.807, 2.05) is 24.3 Å². The Hall–Kier alpha value is -0.920. The van der Waals surface area contributed by atoms with Crippen molar-refractivity contribution in [1.82, 2.24) is 0 Å². The van der Waals surface area contributed by atoms with E-state index in [4.69, 9.17) is 9.26 Å². The van der Waals surface area contributed by atoms with Crippen molar-refractivity contribution in [3.63, 3.8) is 0 Å². The lowest BCUT2D eigenvalue weighted by molar-refractivity contribution is -0.140. The first kappa shape index (κ1) is 22.1. The van der Waals surface area contributed by atoms with E-state index in [0.29, 0.717) is 5.75 Å². The summed E-state index contributed by atoms with van der Waals surface area (Å²) in [5.74, 6) is 0.308. The van der Waals surface area contributed by atoms with Crippen LogP contribution in [0.25, 0.3) is 0 Å². The normalized spacial score (nSPS) is 12.1. The van der Waals surface area contributed by atoms with E-state index in [2.05, 4.69) is 16.4 Å². The molecule has 1 aromatic carbocycles. The number of rotatable bonds is 14. The summed E-state index contributed by atoms with van der Waals surface area (Å²) in [6.07, 6.45) is 13.6. The number of hydrogen-bond donors (Lipinski definition) is 0. The van der Waals surface area contributed by atoms with Crippen LogP contribution < -0.4 is 4.74 Å². The van der Waals surface area contributed by atoms with Crippen LogP contribution in [0.5, 0.6) is 5.75 Å². The maximum Gasteiger partial charge on any atom is 0.340 e. The van der Waals surface area contributed by atoms with Crippen LogP contribution in [-0.4, -0.2) is 12.1 Å². The Labute approximate surface area is 156 Å². The molecule has 25 heavy (non-hydrogen) atoms. The van der Waals surface area contributed by atoms with E-state index in [-0.39, 0.29) is 5.97 Å². The van der Waals surface area contributed by atoms with Gasteiger partial charge in [-0.3, -0.25) is 0 Å². The minimum Gasteiger partial charge on any atom is -0.424 e. The molecule has 2 unspecified atom stereocenters. The fourth-order valence-corrected chi connectivity index (χ4v) is 2.97. The minimum atomic E-state index is -0.574. The maximum atomic E-state index is 11.9. The molecule has 0 amide bonds. The zero-order chi connectivity index (χ0) is 18.3. The molecule has 0 aliphatic rings. The lowest BCUT2D eigenvalue weighted by atomic mass is 10.0. The maximum absolute atomic E-state index is 11.9. The zero-order valence-electron chi connectivity index (χ0n) is 16.0. The number of esters is 1. The van der Waals surface area contributed by atoms with Crippen LogP contribution >= 0.6 is 9.47 Å². The molecule has 0 saturated carbocycles. The van der Waals surface area contributed by atoms with Crippen LogP contribution in [0, 0.1) is 0 Å². The summed E-state index contributed by atoms with van der Waals surface area (Å²) in [4.78, 5) is 11.9. The monoisotopic (exact) mass is 366 g/mol. The highest BCUT2D eigenvalue weighted by Gasteiger charge is 2.15. The third-order valence-corrected chi connectivity index (χ3v) is 4.93. The predicted octanol–water partition coefficient (Wildman–Crippen LogP) is 6.25. The Morgan fingerprint density at radius 2 is 1.52 bits per heavy atom.